The fraction of sp³-hybridized carbons (Fsp3) is 0.435. The molecule has 0 aromatic heterocycles. The summed E-state index contributed by atoms with van der Waals surface area (Å²) in [6.07, 6.45) is 0.901. The Bertz CT molecular complexity index is 729. The van der Waals surface area contributed by atoms with Crippen LogP contribution in [0.4, 0.5) is 0 Å². The highest BCUT2D eigenvalue weighted by Gasteiger charge is 2.41. The minimum Gasteiger partial charge on any atom is -0.461 e. The molecule has 0 aliphatic carbocycles. The number of benzene rings is 2. The Morgan fingerprint density at radius 2 is 1.68 bits per heavy atom. The summed E-state index contributed by atoms with van der Waals surface area (Å²) < 4.78 is 16.8. The van der Waals surface area contributed by atoms with Crippen molar-refractivity contribution in [3.63, 3.8) is 0 Å². The van der Waals surface area contributed by atoms with Gasteiger partial charge in [0.15, 0.2) is 5.79 Å². The SMILES string of the molecule is CC1(O)C[C@H](C(=O)OCc2ccccc2)[C@@H](CCOCc2ccccc2)CO1. The van der Waals surface area contributed by atoms with Crippen LogP contribution in [0.5, 0.6) is 0 Å². The summed E-state index contributed by atoms with van der Waals surface area (Å²) in [5, 5.41) is 10.3. The molecule has 5 heteroatoms. The van der Waals surface area contributed by atoms with Gasteiger partial charge < -0.3 is 19.3 Å². The maximum Gasteiger partial charge on any atom is 0.309 e. The summed E-state index contributed by atoms with van der Waals surface area (Å²) in [5.41, 5.74) is 2.06. The van der Waals surface area contributed by atoms with Gasteiger partial charge in [-0.2, -0.15) is 0 Å². The van der Waals surface area contributed by atoms with Gasteiger partial charge in [0.05, 0.1) is 19.1 Å². The van der Waals surface area contributed by atoms with E-state index in [4.69, 9.17) is 14.2 Å². The van der Waals surface area contributed by atoms with Crippen molar-refractivity contribution in [2.24, 2.45) is 11.8 Å². The van der Waals surface area contributed by atoms with Gasteiger partial charge >= 0.3 is 5.97 Å². The Balaban J connectivity index is 1.51. The lowest BCUT2D eigenvalue weighted by atomic mass is 9.83. The Labute approximate surface area is 166 Å². The van der Waals surface area contributed by atoms with E-state index in [1.807, 2.05) is 60.7 Å². The molecule has 28 heavy (non-hydrogen) atoms. The molecule has 0 saturated carbocycles. The molecular formula is C23H28O5. The molecule has 150 valence electrons. The van der Waals surface area contributed by atoms with Gasteiger partial charge in [0.2, 0.25) is 0 Å². The first-order valence-corrected chi connectivity index (χ1v) is 9.72. The quantitative estimate of drug-likeness (QED) is 0.555. The molecule has 1 fully saturated rings. The van der Waals surface area contributed by atoms with Crippen LogP contribution in [0, 0.1) is 11.8 Å². The zero-order chi connectivity index (χ0) is 19.8. The highest BCUT2D eigenvalue weighted by atomic mass is 16.6. The van der Waals surface area contributed by atoms with Crippen LogP contribution in [0.1, 0.15) is 30.9 Å². The average molecular weight is 384 g/mol. The number of ether oxygens (including phenoxy) is 3. The zero-order valence-corrected chi connectivity index (χ0v) is 16.3. The summed E-state index contributed by atoms with van der Waals surface area (Å²) in [6.45, 7) is 3.19. The molecule has 5 nitrogen and oxygen atoms in total. The summed E-state index contributed by atoms with van der Waals surface area (Å²) >= 11 is 0. The second-order valence-electron chi connectivity index (χ2n) is 7.48. The number of aliphatic hydroxyl groups is 1. The van der Waals surface area contributed by atoms with E-state index < -0.39 is 11.7 Å². The Kier molecular flexibility index (Phi) is 7.20. The molecule has 3 atom stereocenters. The number of carbonyl (C=O) groups is 1. The predicted molar refractivity (Wildman–Crippen MR) is 105 cm³/mol. The van der Waals surface area contributed by atoms with Gasteiger partial charge in [0, 0.05) is 13.0 Å². The topological polar surface area (TPSA) is 65.0 Å². The van der Waals surface area contributed by atoms with E-state index in [0.29, 0.717) is 26.2 Å². The standard InChI is InChI=1S/C23H28O5/c1-23(25)14-21(22(24)27-16-19-10-6-3-7-11-19)20(17-28-23)12-13-26-15-18-8-4-2-5-9-18/h2-11,20-21,25H,12-17H2,1H3/t20-,21-,23?/m0/s1. The van der Waals surface area contributed by atoms with Crippen molar-refractivity contribution >= 4 is 5.97 Å². The Morgan fingerprint density at radius 3 is 2.32 bits per heavy atom. The minimum atomic E-state index is -1.31. The van der Waals surface area contributed by atoms with Crippen LogP contribution in [0.3, 0.4) is 0 Å². The van der Waals surface area contributed by atoms with Crippen LogP contribution in [-0.2, 0) is 32.2 Å². The molecule has 3 rings (SSSR count). The maximum atomic E-state index is 12.7. The lowest BCUT2D eigenvalue weighted by molar-refractivity contribution is -0.242. The molecule has 0 radical (unpaired) electrons. The van der Waals surface area contributed by atoms with Crippen molar-refractivity contribution in [3.05, 3.63) is 71.8 Å². The molecule has 0 spiro atoms. The third-order valence-corrected chi connectivity index (χ3v) is 5.05. The monoisotopic (exact) mass is 384 g/mol. The van der Waals surface area contributed by atoms with Gasteiger partial charge in [-0.3, -0.25) is 4.79 Å². The zero-order valence-electron chi connectivity index (χ0n) is 16.3. The fourth-order valence-corrected chi connectivity index (χ4v) is 3.43. The molecule has 2 aromatic carbocycles. The van der Waals surface area contributed by atoms with Crippen LogP contribution in [0.15, 0.2) is 60.7 Å². The van der Waals surface area contributed by atoms with E-state index in [1.165, 1.54) is 0 Å². The molecular weight excluding hydrogens is 356 g/mol. The van der Waals surface area contributed by atoms with Gasteiger partial charge in [-0.05, 0) is 30.4 Å². The Morgan fingerprint density at radius 1 is 1.07 bits per heavy atom. The number of hydrogen-bond acceptors (Lipinski definition) is 5. The van der Waals surface area contributed by atoms with Crippen LogP contribution >= 0.6 is 0 Å². The van der Waals surface area contributed by atoms with Gasteiger partial charge in [0.25, 0.3) is 0 Å². The smallest absolute Gasteiger partial charge is 0.309 e. The molecule has 1 saturated heterocycles. The van der Waals surface area contributed by atoms with Crippen molar-refractivity contribution < 1.29 is 24.1 Å². The van der Waals surface area contributed by atoms with Gasteiger partial charge in [-0.15, -0.1) is 0 Å². The van der Waals surface area contributed by atoms with Crippen molar-refractivity contribution in [2.75, 3.05) is 13.2 Å². The van der Waals surface area contributed by atoms with Gasteiger partial charge in [0.1, 0.15) is 6.61 Å². The second kappa shape index (κ2) is 9.82. The van der Waals surface area contributed by atoms with Gasteiger partial charge in [-0.25, -0.2) is 0 Å². The van der Waals surface area contributed by atoms with Crippen molar-refractivity contribution in [1.29, 1.82) is 0 Å². The summed E-state index contributed by atoms with van der Waals surface area (Å²) in [6, 6.07) is 19.6. The first kappa shape index (κ1) is 20.5. The van der Waals surface area contributed by atoms with E-state index in [1.54, 1.807) is 6.92 Å². The molecule has 1 aliphatic heterocycles. The molecule has 1 aliphatic rings. The lowest BCUT2D eigenvalue weighted by Crippen LogP contribution is -2.45. The largest absolute Gasteiger partial charge is 0.461 e. The summed E-state index contributed by atoms with van der Waals surface area (Å²) in [5.74, 6) is -2.05. The number of rotatable bonds is 8. The van der Waals surface area contributed by atoms with Gasteiger partial charge in [-0.1, -0.05) is 60.7 Å². The highest BCUT2D eigenvalue weighted by Crippen LogP contribution is 2.34. The van der Waals surface area contributed by atoms with E-state index in [0.717, 1.165) is 11.1 Å². The van der Waals surface area contributed by atoms with E-state index in [2.05, 4.69) is 0 Å². The van der Waals surface area contributed by atoms with Crippen LogP contribution < -0.4 is 0 Å². The minimum absolute atomic E-state index is 0.0423. The summed E-state index contributed by atoms with van der Waals surface area (Å²) in [7, 11) is 0. The van der Waals surface area contributed by atoms with E-state index in [-0.39, 0.29) is 24.9 Å². The van der Waals surface area contributed by atoms with Crippen LogP contribution in [-0.4, -0.2) is 30.1 Å². The Hall–Kier alpha value is -2.21. The van der Waals surface area contributed by atoms with Crippen LogP contribution in [0.2, 0.25) is 0 Å². The molecule has 0 amide bonds. The third-order valence-electron chi connectivity index (χ3n) is 5.05. The first-order chi connectivity index (χ1) is 13.5. The second-order valence-corrected chi connectivity index (χ2v) is 7.48. The molecule has 2 aromatic rings. The third kappa shape index (κ3) is 6.16. The number of hydrogen-bond donors (Lipinski definition) is 1. The van der Waals surface area contributed by atoms with E-state index >= 15 is 0 Å². The van der Waals surface area contributed by atoms with E-state index in [9.17, 15) is 9.90 Å². The summed E-state index contributed by atoms with van der Waals surface area (Å²) in [4.78, 5) is 12.7. The lowest BCUT2D eigenvalue weighted by Gasteiger charge is -2.38. The molecule has 1 N–H and O–H groups in total. The number of carbonyl (C=O) groups excluding carboxylic acids is 1. The first-order valence-electron chi connectivity index (χ1n) is 9.72. The fourth-order valence-electron chi connectivity index (χ4n) is 3.43. The maximum absolute atomic E-state index is 12.7. The molecule has 1 unspecified atom stereocenters. The average Bonchev–Trinajstić information content (AvgIpc) is 2.71. The highest BCUT2D eigenvalue weighted by molar-refractivity contribution is 5.73. The predicted octanol–water partition coefficient (Wildman–Crippen LogP) is 3.70. The van der Waals surface area contributed by atoms with Crippen molar-refractivity contribution in [3.8, 4) is 0 Å². The van der Waals surface area contributed by atoms with Crippen LogP contribution in [0.25, 0.3) is 0 Å². The van der Waals surface area contributed by atoms with Crippen molar-refractivity contribution in [1.82, 2.24) is 0 Å². The molecule has 0 bridgehead atoms. The normalized spacial score (nSPS) is 24.6. The van der Waals surface area contributed by atoms with Crippen molar-refractivity contribution in [2.45, 2.75) is 38.8 Å². The molecule has 1 heterocycles. The number of esters is 1.